The lowest BCUT2D eigenvalue weighted by Gasteiger charge is -2.39. The van der Waals surface area contributed by atoms with Crippen LogP contribution in [0.1, 0.15) is 10.4 Å². The molecule has 0 saturated carbocycles. The first-order chi connectivity index (χ1) is 19.5. The molecule has 0 unspecified atom stereocenters. The molecule has 2 aromatic heterocycles. The van der Waals surface area contributed by atoms with Gasteiger partial charge in [-0.25, -0.2) is 9.59 Å². The fraction of sp³-hybridized carbons (Fsp3) is 0.222. The highest BCUT2D eigenvalue weighted by Crippen LogP contribution is 2.37. The molecule has 2 aromatic carbocycles. The number of hydrogen-bond donors (Lipinski definition) is 6. The predicted octanol–water partition coefficient (Wildman–Crippen LogP) is 0.573. The summed E-state index contributed by atoms with van der Waals surface area (Å²) in [6.07, 6.45) is -8.00. The maximum atomic E-state index is 13.5. The van der Waals surface area contributed by atoms with Gasteiger partial charge in [-0.2, -0.15) is 0 Å². The van der Waals surface area contributed by atoms with Gasteiger partial charge in [0, 0.05) is 23.8 Å². The second-order valence-electron chi connectivity index (χ2n) is 9.05. The molecule has 14 nitrogen and oxygen atoms in total. The van der Waals surface area contributed by atoms with E-state index in [-0.39, 0.29) is 33.6 Å². The minimum absolute atomic E-state index is 0.104. The second kappa shape index (κ2) is 10.9. The van der Waals surface area contributed by atoms with Crippen molar-refractivity contribution in [2.24, 2.45) is 0 Å². The molecule has 6 N–H and O–H groups in total. The Morgan fingerprint density at radius 3 is 2.29 bits per heavy atom. The molecule has 0 bridgehead atoms. The van der Waals surface area contributed by atoms with Crippen LogP contribution in [-0.4, -0.2) is 73.9 Å². The Morgan fingerprint density at radius 2 is 1.61 bits per heavy atom. The highest BCUT2D eigenvalue weighted by atomic mass is 16.7. The fourth-order valence-electron chi connectivity index (χ4n) is 4.16. The summed E-state index contributed by atoms with van der Waals surface area (Å²) in [6.45, 7) is -0.653. The average molecular weight is 570 g/mol. The number of carbonyl (C=O) groups is 1. The number of phenols is 3. The van der Waals surface area contributed by atoms with Crippen LogP contribution < -0.4 is 15.8 Å². The Balaban J connectivity index is 1.48. The monoisotopic (exact) mass is 570 g/mol. The van der Waals surface area contributed by atoms with Gasteiger partial charge in [-0.05, 0) is 30.3 Å². The van der Waals surface area contributed by atoms with Crippen LogP contribution >= 0.6 is 0 Å². The highest BCUT2D eigenvalue weighted by molar-refractivity contribution is 5.89. The van der Waals surface area contributed by atoms with E-state index in [4.69, 9.17) is 18.6 Å². The van der Waals surface area contributed by atoms with Crippen molar-refractivity contribution in [1.29, 1.82) is 0 Å². The fourth-order valence-corrected chi connectivity index (χ4v) is 4.16. The van der Waals surface area contributed by atoms with Crippen molar-refractivity contribution in [2.45, 2.75) is 30.7 Å². The third-order valence-corrected chi connectivity index (χ3v) is 6.27. The van der Waals surface area contributed by atoms with Crippen molar-refractivity contribution >= 4 is 16.9 Å². The Morgan fingerprint density at radius 1 is 0.878 bits per heavy atom. The molecular formula is C27H22O14. The number of aromatic hydroxyl groups is 3. The van der Waals surface area contributed by atoms with E-state index in [0.29, 0.717) is 0 Å². The number of rotatable bonds is 6. The number of ether oxygens (including phenoxy) is 3. The van der Waals surface area contributed by atoms with E-state index in [0.717, 1.165) is 30.5 Å². The summed E-state index contributed by atoms with van der Waals surface area (Å²) in [5.74, 6) is -2.94. The zero-order valence-electron chi connectivity index (χ0n) is 20.7. The standard InChI is InChI=1S/C27H22O14/c28-13-4-1-11(2-5-13)24-25(21(33)19-15(30)7-14(29)8-16(19)39-24)41-27-23(35)22(34)20(32)17(40-27)10-38-26(36)12-3-6-18(31)37-9-12/h1-9,17,20,22-23,27-30,32,34-35H,10H2/t17-,20-,22+,23-,27+/m1/s1. The van der Waals surface area contributed by atoms with Gasteiger partial charge in [0.15, 0.2) is 5.76 Å². The van der Waals surface area contributed by atoms with Crippen LogP contribution in [0.15, 0.2) is 73.2 Å². The predicted molar refractivity (Wildman–Crippen MR) is 135 cm³/mol. The lowest BCUT2D eigenvalue weighted by atomic mass is 9.99. The van der Waals surface area contributed by atoms with Gasteiger partial charge in [0.2, 0.25) is 17.5 Å². The first-order valence-corrected chi connectivity index (χ1v) is 12.0. The summed E-state index contributed by atoms with van der Waals surface area (Å²) in [5.41, 5.74) is -1.78. The van der Waals surface area contributed by atoms with Crippen LogP contribution in [0, 0.1) is 0 Å². The smallest absolute Gasteiger partial charge is 0.341 e. The second-order valence-corrected chi connectivity index (χ2v) is 9.05. The first kappa shape index (κ1) is 27.7. The van der Waals surface area contributed by atoms with Gasteiger partial charge in [0.05, 0.1) is 5.56 Å². The molecule has 41 heavy (non-hydrogen) atoms. The molecule has 0 aliphatic carbocycles. The van der Waals surface area contributed by atoms with E-state index in [1.54, 1.807) is 0 Å². The molecule has 14 heteroatoms. The Labute approximate surface area is 228 Å². The molecule has 0 radical (unpaired) electrons. The molecule has 214 valence electrons. The van der Waals surface area contributed by atoms with Crippen molar-refractivity contribution < 1.29 is 58.5 Å². The molecule has 5 rings (SSSR count). The van der Waals surface area contributed by atoms with Gasteiger partial charge in [-0.15, -0.1) is 0 Å². The summed E-state index contributed by atoms with van der Waals surface area (Å²) in [4.78, 5) is 36.9. The van der Waals surface area contributed by atoms with Crippen LogP contribution in [0.3, 0.4) is 0 Å². The zero-order chi connectivity index (χ0) is 29.4. The van der Waals surface area contributed by atoms with E-state index in [1.165, 1.54) is 24.3 Å². The van der Waals surface area contributed by atoms with Crippen LogP contribution in [0.5, 0.6) is 23.0 Å². The van der Waals surface area contributed by atoms with Crippen LogP contribution in [0.2, 0.25) is 0 Å². The van der Waals surface area contributed by atoms with Gasteiger partial charge in [-0.3, -0.25) is 4.79 Å². The summed E-state index contributed by atoms with van der Waals surface area (Å²) in [7, 11) is 0. The number of aliphatic hydroxyl groups excluding tert-OH is 3. The maximum Gasteiger partial charge on any atom is 0.341 e. The van der Waals surface area contributed by atoms with Crippen LogP contribution in [-0.2, 0) is 9.47 Å². The largest absolute Gasteiger partial charge is 0.508 e. The van der Waals surface area contributed by atoms with Crippen molar-refractivity contribution in [2.75, 3.05) is 6.61 Å². The van der Waals surface area contributed by atoms with E-state index in [9.17, 15) is 45.0 Å². The van der Waals surface area contributed by atoms with E-state index >= 15 is 0 Å². The topological polar surface area (TPSA) is 227 Å². The molecule has 0 amide bonds. The van der Waals surface area contributed by atoms with Crippen molar-refractivity contribution in [3.8, 4) is 34.3 Å². The number of hydrogen-bond acceptors (Lipinski definition) is 14. The average Bonchev–Trinajstić information content (AvgIpc) is 2.94. The number of aliphatic hydroxyl groups is 3. The van der Waals surface area contributed by atoms with Gasteiger partial charge >= 0.3 is 11.6 Å². The Hall–Kier alpha value is -4.89. The number of phenolic OH excluding ortho intramolecular Hbond substituents is 3. The van der Waals surface area contributed by atoms with Gasteiger partial charge in [-0.1, -0.05) is 0 Å². The first-order valence-electron chi connectivity index (χ1n) is 12.0. The van der Waals surface area contributed by atoms with Crippen LogP contribution in [0.25, 0.3) is 22.3 Å². The molecule has 0 spiro atoms. The van der Waals surface area contributed by atoms with Crippen molar-refractivity contribution in [1.82, 2.24) is 0 Å². The molecule has 1 aliphatic heterocycles. The number of fused-ring (bicyclic) bond motifs is 1. The number of esters is 1. The molecule has 3 heterocycles. The van der Waals surface area contributed by atoms with Crippen LogP contribution in [0.4, 0.5) is 0 Å². The summed E-state index contributed by atoms with van der Waals surface area (Å²) in [6, 6.07) is 9.45. The van der Waals surface area contributed by atoms with E-state index in [1.807, 2.05) is 0 Å². The zero-order valence-corrected chi connectivity index (χ0v) is 20.7. The molecule has 1 aliphatic rings. The normalized spacial score (nSPS) is 22.4. The Kier molecular flexibility index (Phi) is 7.38. The third-order valence-electron chi connectivity index (χ3n) is 6.27. The Bertz CT molecular complexity index is 1690. The lowest BCUT2D eigenvalue weighted by Crippen LogP contribution is -2.60. The molecule has 5 atom stereocenters. The SMILES string of the molecule is O=C(OC[C@H]1O[C@@H](Oc2c(-c3ccc(O)cc3)oc3cc(O)cc(O)c3c2=O)[C@H](O)[C@@H](O)[C@@H]1O)c1ccc(=O)oc1. The summed E-state index contributed by atoms with van der Waals surface area (Å²) < 4.78 is 26.7. The molecule has 1 saturated heterocycles. The van der Waals surface area contributed by atoms with E-state index in [2.05, 4.69) is 4.42 Å². The quantitative estimate of drug-likeness (QED) is 0.174. The molecular weight excluding hydrogens is 548 g/mol. The van der Waals surface area contributed by atoms with E-state index < -0.39 is 71.6 Å². The lowest BCUT2D eigenvalue weighted by molar-refractivity contribution is -0.277. The molecule has 1 fully saturated rings. The van der Waals surface area contributed by atoms with Gasteiger partial charge < -0.3 is 53.7 Å². The summed E-state index contributed by atoms with van der Waals surface area (Å²) >= 11 is 0. The van der Waals surface area contributed by atoms with Crippen molar-refractivity contribution in [3.63, 3.8) is 0 Å². The summed E-state index contributed by atoms with van der Waals surface area (Å²) in [5, 5.41) is 61.0. The molecule has 4 aromatic rings. The van der Waals surface area contributed by atoms with Gasteiger partial charge in [0.1, 0.15) is 65.5 Å². The third kappa shape index (κ3) is 5.44. The van der Waals surface area contributed by atoms with Crippen molar-refractivity contribution in [3.05, 3.63) is 81.0 Å². The van der Waals surface area contributed by atoms with Gasteiger partial charge in [0.25, 0.3) is 0 Å². The highest BCUT2D eigenvalue weighted by Gasteiger charge is 2.46. The maximum absolute atomic E-state index is 13.5. The number of benzene rings is 2. The minimum atomic E-state index is -1.92. The minimum Gasteiger partial charge on any atom is -0.508 e. The number of carbonyl (C=O) groups excluding carboxylic acids is 1.